The van der Waals surface area contributed by atoms with E-state index in [-0.39, 0.29) is 18.0 Å². The van der Waals surface area contributed by atoms with Crippen molar-refractivity contribution in [3.05, 3.63) is 65.4 Å². The van der Waals surface area contributed by atoms with Crippen molar-refractivity contribution in [3.8, 4) is 5.82 Å². The molecule has 4 heterocycles. The molecular formula is C21H23N7O2. The third kappa shape index (κ3) is 3.83. The molecule has 1 aliphatic carbocycles. The van der Waals surface area contributed by atoms with Gasteiger partial charge in [0.15, 0.2) is 0 Å². The molecule has 1 saturated heterocycles. The van der Waals surface area contributed by atoms with E-state index in [1.54, 1.807) is 17.3 Å². The zero-order valence-corrected chi connectivity index (χ0v) is 16.6. The van der Waals surface area contributed by atoms with Crippen molar-refractivity contribution in [3.63, 3.8) is 0 Å². The Labute approximate surface area is 173 Å². The third-order valence-electron chi connectivity index (χ3n) is 5.67. The van der Waals surface area contributed by atoms with E-state index in [4.69, 9.17) is 0 Å². The predicted octanol–water partition coefficient (Wildman–Crippen LogP) is 1.05. The van der Waals surface area contributed by atoms with Gasteiger partial charge < -0.3 is 14.4 Å². The van der Waals surface area contributed by atoms with Crippen LogP contribution in [0.3, 0.4) is 0 Å². The van der Waals surface area contributed by atoms with Gasteiger partial charge in [-0.05, 0) is 25.0 Å². The number of hydrogen-bond acceptors (Lipinski definition) is 6. The van der Waals surface area contributed by atoms with Gasteiger partial charge in [-0.3, -0.25) is 14.2 Å². The first kappa shape index (κ1) is 18.5. The quantitative estimate of drug-likeness (QED) is 0.630. The Hall–Kier alpha value is -3.49. The highest BCUT2D eigenvalue weighted by Gasteiger charge is 2.26. The highest BCUT2D eigenvalue weighted by molar-refractivity contribution is 5.76. The Morgan fingerprint density at radius 3 is 2.40 bits per heavy atom. The molecule has 0 aromatic carbocycles. The van der Waals surface area contributed by atoms with Gasteiger partial charge in [0.1, 0.15) is 24.5 Å². The fourth-order valence-corrected chi connectivity index (χ4v) is 3.73. The van der Waals surface area contributed by atoms with E-state index in [2.05, 4.69) is 19.9 Å². The minimum absolute atomic E-state index is 0.0298. The smallest absolute Gasteiger partial charge is 0.254 e. The van der Waals surface area contributed by atoms with Crippen LogP contribution in [0.4, 0.5) is 5.82 Å². The van der Waals surface area contributed by atoms with Gasteiger partial charge in [0.05, 0.1) is 12.0 Å². The normalized spacial score (nSPS) is 16.7. The number of carbonyl (C=O) groups excluding carboxylic acids is 1. The number of anilines is 1. The van der Waals surface area contributed by atoms with Crippen molar-refractivity contribution in [1.29, 1.82) is 0 Å². The van der Waals surface area contributed by atoms with Crippen LogP contribution in [0, 0.1) is 0 Å². The molecule has 154 valence electrons. The summed E-state index contributed by atoms with van der Waals surface area (Å²) in [5.41, 5.74) is 0.693. The van der Waals surface area contributed by atoms with Gasteiger partial charge in [-0.2, -0.15) is 0 Å². The van der Waals surface area contributed by atoms with E-state index >= 15 is 0 Å². The van der Waals surface area contributed by atoms with Crippen molar-refractivity contribution >= 4 is 11.7 Å². The summed E-state index contributed by atoms with van der Waals surface area (Å²) >= 11 is 0. The van der Waals surface area contributed by atoms with E-state index in [0.717, 1.165) is 30.2 Å². The summed E-state index contributed by atoms with van der Waals surface area (Å²) in [6.45, 7) is 2.57. The Kier molecular flexibility index (Phi) is 4.78. The van der Waals surface area contributed by atoms with Crippen LogP contribution >= 0.6 is 0 Å². The summed E-state index contributed by atoms with van der Waals surface area (Å²) in [6.07, 6.45) is 9.14. The van der Waals surface area contributed by atoms with Crippen LogP contribution in [0.2, 0.25) is 0 Å². The highest BCUT2D eigenvalue weighted by Crippen LogP contribution is 2.38. The Balaban J connectivity index is 1.20. The maximum Gasteiger partial charge on any atom is 0.254 e. The van der Waals surface area contributed by atoms with Crippen LogP contribution in [-0.4, -0.2) is 61.1 Å². The standard InChI is InChI=1S/C21H23N7O2/c29-20-11-17(16-3-4-16)24-15-28(20)13-21(30)27-9-7-26(8-10-27)19-12-18(22-14-23-19)25-5-1-2-6-25/h1-2,5-6,11-12,14-16H,3-4,7-10,13H2. The van der Waals surface area contributed by atoms with E-state index in [0.29, 0.717) is 32.1 Å². The molecule has 2 aliphatic rings. The summed E-state index contributed by atoms with van der Waals surface area (Å²) < 4.78 is 3.33. The molecule has 3 aromatic rings. The average Bonchev–Trinajstić information content (AvgIpc) is 3.49. The largest absolute Gasteiger partial charge is 0.353 e. The zero-order chi connectivity index (χ0) is 20.5. The average molecular weight is 405 g/mol. The number of piperazine rings is 1. The molecule has 30 heavy (non-hydrogen) atoms. The maximum absolute atomic E-state index is 12.7. The van der Waals surface area contributed by atoms with Crippen LogP contribution in [0.1, 0.15) is 24.5 Å². The van der Waals surface area contributed by atoms with Crippen molar-refractivity contribution in [2.75, 3.05) is 31.1 Å². The van der Waals surface area contributed by atoms with E-state index < -0.39 is 0 Å². The first-order valence-corrected chi connectivity index (χ1v) is 10.2. The van der Waals surface area contributed by atoms with Crippen LogP contribution in [0.25, 0.3) is 5.82 Å². The van der Waals surface area contributed by atoms with E-state index in [1.807, 2.05) is 35.2 Å². The lowest BCUT2D eigenvalue weighted by Gasteiger charge is -2.35. The number of carbonyl (C=O) groups is 1. The predicted molar refractivity (Wildman–Crippen MR) is 111 cm³/mol. The fraction of sp³-hybridized carbons (Fsp3) is 0.381. The molecule has 0 unspecified atom stereocenters. The molecule has 9 heteroatoms. The zero-order valence-electron chi connectivity index (χ0n) is 16.6. The van der Waals surface area contributed by atoms with Crippen LogP contribution in [0.5, 0.6) is 0 Å². The molecule has 1 amide bonds. The SMILES string of the molecule is O=C(Cn1cnc(C2CC2)cc1=O)N1CCN(c2cc(-n3cccc3)ncn2)CC1. The summed E-state index contributed by atoms with van der Waals surface area (Å²) in [5.74, 6) is 2.02. The van der Waals surface area contributed by atoms with Crippen molar-refractivity contribution in [2.24, 2.45) is 0 Å². The van der Waals surface area contributed by atoms with Crippen LogP contribution in [-0.2, 0) is 11.3 Å². The van der Waals surface area contributed by atoms with Crippen molar-refractivity contribution < 1.29 is 4.79 Å². The first-order chi connectivity index (χ1) is 14.7. The number of rotatable bonds is 5. The molecule has 0 N–H and O–H groups in total. The van der Waals surface area contributed by atoms with Gasteiger partial charge >= 0.3 is 0 Å². The Morgan fingerprint density at radius 2 is 1.70 bits per heavy atom. The lowest BCUT2D eigenvalue weighted by atomic mass is 10.3. The lowest BCUT2D eigenvalue weighted by molar-refractivity contribution is -0.132. The Morgan fingerprint density at radius 1 is 0.967 bits per heavy atom. The van der Waals surface area contributed by atoms with Crippen LogP contribution in [0.15, 0.2) is 54.1 Å². The summed E-state index contributed by atoms with van der Waals surface area (Å²) in [4.78, 5) is 42.0. The van der Waals surface area contributed by atoms with E-state index in [9.17, 15) is 9.59 Å². The molecule has 1 saturated carbocycles. The molecule has 2 fully saturated rings. The van der Waals surface area contributed by atoms with Gasteiger partial charge in [0.25, 0.3) is 5.56 Å². The van der Waals surface area contributed by atoms with Gasteiger partial charge in [-0.1, -0.05) is 0 Å². The van der Waals surface area contributed by atoms with E-state index in [1.165, 1.54) is 10.9 Å². The topological polar surface area (TPSA) is 89.2 Å². The van der Waals surface area contributed by atoms with Crippen LogP contribution < -0.4 is 10.5 Å². The second-order valence-electron chi connectivity index (χ2n) is 7.75. The number of nitrogens with zero attached hydrogens (tertiary/aromatic N) is 7. The van der Waals surface area contributed by atoms with Crippen molar-refractivity contribution in [1.82, 2.24) is 29.0 Å². The maximum atomic E-state index is 12.7. The molecule has 0 radical (unpaired) electrons. The number of amides is 1. The summed E-state index contributed by atoms with van der Waals surface area (Å²) in [7, 11) is 0. The van der Waals surface area contributed by atoms with Crippen molar-refractivity contribution in [2.45, 2.75) is 25.3 Å². The molecule has 5 rings (SSSR count). The monoisotopic (exact) mass is 405 g/mol. The van der Waals surface area contributed by atoms with Gasteiger partial charge in [-0.15, -0.1) is 0 Å². The lowest BCUT2D eigenvalue weighted by Crippen LogP contribution is -2.50. The molecule has 0 atom stereocenters. The second-order valence-corrected chi connectivity index (χ2v) is 7.75. The minimum Gasteiger partial charge on any atom is -0.353 e. The van der Waals surface area contributed by atoms with Gasteiger partial charge in [0.2, 0.25) is 5.91 Å². The summed E-state index contributed by atoms with van der Waals surface area (Å²) in [5, 5.41) is 0. The van der Waals surface area contributed by atoms with Gasteiger partial charge in [-0.25, -0.2) is 15.0 Å². The highest BCUT2D eigenvalue weighted by atomic mass is 16.2. The second kappa shape index (κ2) is 7.74. The molecule has 3 aromatic heterocycles. The molecular weight excluding hydrogens is 382 g/mol. The van der Waals surface area contributed by atoms with Gasteiger partial charge in [0, 0.05) is 56.6 Å². The molecule has 0 spiro atoms. The third-order valence-corrected chi connectivity index (χ3v) is 5.67. The molecule has 1 aliphatic heterocycles. The minimum atomic E-state index is -0.155. The number of aromatic nitrogens is 5. The summed E-state index contributed by atoms with van der Waals surface area (Å²) in [6, 6.07) is 7.42. The molecule has 9 nitrogen and oxygen atoms in total. The fourth-order valence-electron chi connectivity index (χ4n) is 3.73. The Bertz CT molecular complexity index is 1100. The first-order valence-electron chi connectivity index (χ1n) is 10.2. The number of hydrogen-bond donors (Lipinski definition) is 0. The molecule has 0 bridgehead atoms.